The maximum absolute atomic E-state index is 12.8. The zero-order chi connectivity index (χ0) is 21.9. The summed E-state index contributed by atoms with van der Waals surface area (Å²) in [5, 5.41) is 2.23. The predicted octanol–water partition coefficient (Wildman–Crippen LogP) is 4.00. The van der Waals surface area contributed by atoms with Crippen LogP contribution in [0.25, 0.3) is 0 Å². The average molecular weight is 460 g/mol. The number of hydrogen-bond donors (Lipinski definition) is 1. The zero-order valence-corrected chi connectivity index (χ0v) is 17.6. The molecule has 0 aliphatic carbocycles. The molecule has 1 fully saturated rings. The molecule has 1 atom stereocenters. The Morgan fingerprint density at radius 3 is 2.50 bits per heavy atom. The number of hydrogen-bond acceptors (Lipinski definition) is 5. The maximum Gasteiger partial charge on any atom is 0.416 e. The van der Waals surface area contributed by atoms with Gasteiger partial charge in [0.25, 0.3) is 0 Å². The van der Waals surface area contributed by atoms with Crippen LogP contribution in [0.1, 0.15) is 25.3 Å². The lowest BCUT2D eigenvalue weighted by Gasteiger charge is -2.16. The molecule has 0 saturated carbocycles. The molecule has 11 heteroatoms. The number of sulfonamides is 1. The fourth-order valence-corrected chi connectivity index (χ4v) is 5.17. The molecule has 6 nitrogen and oxygen atoms in total. The smallest absolute Gasteiger partial charge is 0.325 e. The molecule has 1 unspecified atom stereocenters. The fraction of sp³-hybridized carbons (Fsp3) is 0.368. The monoisotopic (exact) mass is 459 g/mol. The van der Waals surface area contributed by atoms with Gasteiger partial charge in [-0.15, -0.1) is 0 Å². The van der Waals surface area contributed by atoms with Crippen molar-refractivity contribution >= 4 is 33.4 Å². The number of nitrogens with one attached hydrogen (secondary N) is 1. The van der Waals surface area contributed by atoms with Crippen molar-refractivity contribution in [3.05, 3.63) is 48.2 Å². The molecule has 1 amide bonds. The van der Waals surface area contributed by atoms with Crippen molar-refractivity contribution < 1.29 is 26.4 Å². The molecule has 162 valence electrons. The van der Waals surface area contributed by atoms with Crippen molar-refractivity contribution in [1.29, 1.82) is 0 Å². The van der Waals surface area contributed by atoms with Gasteiger partial charge in [-0.1, -0.05) is 17.8 Å². The minimum absolute atomic E-state index is 0.0438. The van der Waals surface area contributed by atoms with Crippen LogP contribution < -0.4 is 5.32 Å². The van der Waals surface area contributed by atoms with Gasteiger partial charge in [-0.3, -0.25) is 4.79 Å². The molecule has 2 aromatic rings. The SMILES string of the molecule is CC(Sc1ccc(S(=O)(=O)N2CCCC2)cn1)C(=O)Nc1cccc(C(F)(F)F)c1. The van der Waals surface area contributed by atoms with Gasteiger partial charge in [-0.05, 0) is 50.1 Å². The van der Waals surface area contributed by atoms with Gasteiger partial charge in [0, 0.05) is 25.0 Å². The predicted molar refractivity (Wildman–Crippen MR) is 108 cm³/mol. The number of anilines is 1. The molecular formula is C19H20F3N3O3S2. The Morgan fingerprint density at radius 1 is 1.20 bits per heavy atom. The third kappa shape index (κ3) is 5.32. The third-order valence-electron chi connectivity index (χ3n) is 4.54. The Morgan fingerprint density at radius 2 is 1.90 bits per heavy atom. The Bertz CT molecular complexity index is 1010. The second-order valence-electron chi connectivity index (χ2n) is 6.77. The number of nitrogens with zero attached hydrogens (tertiary/aromatic N) is 2. The van der Waals surface area contributed by atoms with Gasteiger partial charge >= 0.3 is 6.18 Å². The van der Waals surface area contributed by atoms with Crippen LogP contribution in [0.3, 0.4) is 0 Å². The largest absolute Gasteiger partial charge is 0.416 e. The quantitative estimate of drug-likeness (QED) is 0.661. The number of amides is 1. The normalized spacial score (nSPS) is 16.4. The fourth-order valence-electron chi connectivity index (χ4n) is 2.92. The van der Waals surface area contributed by atoms with E-state index in [4.69, 9.17) is 0 Å². The molecule has 0 radical (unpaired) electrons. The summed E-state index contributed by atoms with van der Waals surface area (Å²) >= 11 is 1.08. The van der Waals surface area contributed by atoms with E-state index in [0.717, 1.165) is 36.7 Å². The third-order valence-corrected chi connectivity index (χ3v) is 7.47. The molecule has 1 N–H and O–H groups in total. The van der Waals surface area contributed by atoms with Gasteiger partial charge in [-0.2, -0.15) is 17.5 Å². The standard InChI is InChI=1S/C19H20F3N3O3S2/c1-13(18(26)24-15-6-4-5-14(11-15)19(20,21)22)29-17-8-7-16(12-23-17)30(27,28)25-9-2-3-10-25/h4-8,11-13H,2-3,9-10H2,1H3,(H,24,26). The van der Waals surface area contributed by atoms with E-state index in [-0.39, 0.29) is 10.6 Å². The van der Waals surface area contributed by atoms with E-state index in [1.54, 1.807) is 6.92 Å². The highest BCUT2D eigenvalue weighted by Crippen LogP contribution is 2.31. The number of rotatable bonds is 6. The van der Waals surface area contributed by atoms with E-state index in [0.29, 0.717) is 18.1 Å². The number of benzene rings is 1. The number of thioether (sulfide) groups is 1. The van der Waals surface area contributed by atoms with E-state index in [9.17, 15) is 26.4 Å². The first-order valence-corrected chi connectivity index (χ1v) is 11.5. The second kappa shape index (κ2) is 8.94. The number of aromatic nitrogens is 1. The summed E-state index contributed by atoms with van der Waals surface area (Å²) < 4.78 is 64.8. The van der Waals surface area contributed by atoms with Crippen molar-refractivity contribution in [3.8, 4) is 0 Å². The van der Waals surface area contributed by atoms with Crippen LogP contribution in [0.4, 0.5) is 18.9 Å². The molecule has 1 aliphatic heterocycles. The Hall–Kier alpha value is -2.11. The van der Waals surface area contributed by atoms with E-state index in [1.165, 1.54) is 34.8 Å². The number of alkyl halides is 3. The summed E-state index contributed by atoms with van der Waals surface area (Å²) in [5.41, 5.74) is -0.806. The minimum atomic E-state index is -4.50. The van der Waals surface area contributed by atoms with Crippen molar-refractivity contribution in [2.75, 3.05) is 18.4 Å². The van der Waals surface area contributed by atoms with Crippen LogP contribution in [0.15, 0.2) is 52.5 Å². The molecule has 2 heterocycles. The van der Waals surface area contributed by atoms with E-state index < -0.39 is 32.9 Å². The summed E-state index contributed by atoms with van der Waals surface area (Å²) in [4.78, 5) is 16.5. The molecule has 1 saturated heterocycles. The summed E-state index contributed by atoms with van der Waals surface area (Å²) in [6.45, 7) is 2.57. The topological polar surface area (TPSA) is 79.4 Å². The van der Waals surface area contributed by atoms with E-state index >= 15 is 0 Å². The first-order valence-electron chi connectivity index (χ1n) is 9.18. The van der Waals surface area contributed by atoms with Crippen molar-refractivity contribution in [2.45, 2.75) is 41.1 Å². The highest BCUT2D eigenvalue weighted by molar-refractivity contribution is 8.00. The van der Waals surface area contributed by atoms with Crippen molar-refractivity contribution in [3.63, 3.8) is 0 Å². The lowest BCUT2D eigenvalue weighted by molar-refractivity contribution is -0.137. The lowest BCUT2D eigenvalue weighted by Crippen LogP contribution is -2.28. The molecule has 1 aromatic carbocycles. The molecule has 0 spiro atoms. The highest BCUT2D eigenvalue weighted by Gasteiger charge is 2.31. The summed E-state index contributed by atoms with van der Waals surface area (Å²) in [7, 11) is -3.57. The van der Waals surface area contributed by atoms with Gasteiger partial charge in [0.05, 0.1) is 15.8 Å². The maximum atomic E-state index is 12.8. The molecular weight excluding hydrogens is 439 g/mol. The first kappa shape index (κ1) is 22.6. The number of halogens is 3. The van der Waals surface area contributed by atoms with E-state index in [2.05, 4.69) is 10.3 Å². The van der Waals surface area contributed by atoms with Gasteiger partial charge in [-0.25, -0.2) is 13.4 Å². The molecule has 1 aromatic heterocycles. The molecule has 3 rings (SSSR count). The lowest BCUT2D eigenvalue weighted by atomic mass is 10.2. The summed E-state index contributed by atoms with van der Waals surface area (Å²) in [6.07, 6.45) is -1.58. The highest BCUT2D eigenvalue weighted by atomic mass is 32.2. The van der Waals surface area contributed by atoms with Crippen molar-refractivity contribution in [2.24, 2.45) is 0 Å². The van der Waals surface area contributed by atoms with Gasteiger partial charge in [0.1, 0.15) is 4.90 Å². The molecule has 0 bridgehead atoms. The molecule has 30 heavy (non-hydrogen) atoms. The number of carbonyl (C=O) groups excluding carboxylic acids is 1. The van der Waals surface area contributed by atoms with Crippen LogP contribution in [0.2, 0.25) is 0 Å². The number of carbonyl (C=O) groups is 1. The van der Waals surface area contributed by atoms with Crippen LogP contribution >= 0.6 is 11.8 Å². The van der Waals surface area contributed by atoms with Crippen LogP contribution in [0, 0.1) is 0 Å². The Labute approximate surface area is 176 Å². The van der Waals surface area contributed by atoms with Gasteiger partial charge < -0.3 is 5.32 Å². The minimum Gasteiger partial charge on any atom is -0.325 e. The van der Waals surface area contributed by atoms with Crippen LogP contribution in [-0.4, -0.2) is 42.0 Å². The molecule has 1 aliphatic rings. The average Bonchev–Trinajstić information content (AvgIpc) is 3.23. The van der Waals surface area contributed by atoms with E-state index in [1.807, 2.05) is 0 Å². The summed E-state index contributed by atoms with van der Waals surface area (Å²) in [5.74, 6) is -0.491. The van der Waals surface area contributed by atoms with Crippen molar-refractivity contribution in [1.82, 2.24) is 9.29 Å². The first-order chi connectivity index (χ1) is 14.1. The number of pyridine rings is 1. The Kier molecular flexibility index (Phi) is 6.73. The Balaban J connectivity index is 1.63. The zero-order valence-electron chi connectivity index (χ0n) is 16.0. The van der Waals surface area contributed by atoms with Crippen LogP contribution in [0.5, 0.6) is 0 Å². The van der Waals surface area contributed by atoms with Gasteiger partial charge in [0.2, 0.25) is 15.9 Å². The van der Waals surface area contributed by atoms with Crippen LogP contribution in [-0.2, 0) is 21.0 Å². The van der Waals surface area contributed by atoms with Gasteiger partial charge in [0.15, 0.2) is 0 Å². The summed E-state index contributed by atoms with van der Waals surface area (Å²) in [6, 6.07) is 7.35. The second-order valence-corrected chi connectivity index (χ2v) is 10.1.